The van der Waals surface area contributed by atoms with E-state index in [1.807, 2.05) is 24.5 Å². The number of nitrogens with zero attached hydrogens (tertiary/aromatic N) is 4. The van der Waals surface area contributed by atoms with Crippen LogP contribution in [0, 0.1) is 0 Å². The van der Waals surface area contributed by atoms with E-state index in [4.69, 9.17) is 14.7 Å². The topological polar surface area (TPSA) is 58.6 Å². The molecule has 2 aromatic heterocycles. The van der Waals surface area contributed by atoms with Crippen molar-refractivity contribution < 1.29 is 9.53 Å². The van der Waals surface area contributed by atoms with Crippen molar-refractivity contribution in [2.24, 2.45) is 0 Å². The van der Waals surface area contributed by atoms with Gasteiger partial charge < -0.3 is 14.5 Å². The average Bonchev–Trinajstić information content (AvgIpc) is 3.40. The van der Waals surface area contributed by atoms with Crippen LogP contribution in [0.15, 0.2) is 219 Å². The molecule has 0 radical (unpaired) electrons. The molecule has 10 rings (SSSR count). The molecule has 0 saturated carbocycles. The molecule has 0 aliphatic carbocycles. The second-order valence-electron chi connectivity index (χ2n) is 16.8. The van der Waals surface area contributed by atoms with Crippen LogP contribution < -0.4 is 9.80 Å². The van der Waals surface area contributed by atoms with Crippen molar-refractivity contribution in [3.05, 3.63) is 230 Å². The number of ether oxygens (including phenoxy) is 1. The van der Waals surface area contributed by atoms with Crippen LogP contribution in [0.1, 0.15) is 30.9 Å². The van der Waals surface area contributed by atoms with Gasteiger partial charge in [0.15, 0.2) is 0 Å². The van der Waals surface area contributed by atoms with Gasteiger partial charge in [-0.15, -0.1) is 0 Å². The zero-order valence-electron chi connectivity index (χ0n) is 37.7. The quantitative estimate of drug-likeness (QED) is 0.101. The molecule has 0 saturated heterocycles. The molecule has 0 aliphatic rings. The third kappa shape index (κ3) is 9.15. The maximum absolute atomic E-state index is 11.8. The summed E-state index contributed by atoms with van der Waals surface area (Å²) in [5.41, 5.74) is 14.8. The van der Waals surface area contributed by atoms with Crippen LogP contribution in [-0.4, -0.2) is 23.0 Å². The number of methoxy groups -OCH3 is 1. The van der Waals surface area contributed by atoms with Crippen molar-refractivity contribution in [3.8, 4) is 33.6 Å². The van der Waals surface area contributed by atoms with Crippen molar-refractivity contribution in [3.63, 3.8) is 0 Å². The number of benzene rings is 8. The van der Waals surface area contributed by atoms with E-state index in [0.29, 0.717) is 12.8 Å². The zero-order valence-corrected chi connectivity index (χ0v) is 37.7. The van der Waals surface area contributed by atoms with Gasteiger partial charge in [-0.1, -0.05) is 147 Å². The molecule has 2 heterocycles. The average molecular weight is 871 g/mol. The molecule has 0 amide bonds. The van der Waals surface area contributed by atoms with E-state index in [9.17, 15) is 4.79 Å². The second-order valence-corrected chi connectivity index (χ2v) is 16.8. The van der Waals surface area contributed by atoms with Crippen molar-refractivity contribution >= 4 is 61.6 Å². The summed E-state index contributed by atoms with van der Waals surface area (Å²) in [6.45, 7) is 2.22. The van der Waals surface area contributed by atoms with Crippen molar-refractivity contribution in [1.29, 1.82) is 0 Å². The minimum atomic E-state index is -0.208. The molecule has 0 bridgehead atoms. The summed E-state index contributed by atoms with van der Waals surface area (Å²) in [6.07, 6.45) is 7.03. The third-order valence-electron chi connectivity index (χ3n) is 12.5. The first-order valence-corrected chi connectivity index (χ1v) is 23.0. The monoisotopic (exact) mass is 870 g/mol. The molecule has 67 heavy (non-hydrogen) atoms. The van der Waals surface area contributed by atoms with E-state index in [1.54, 1.807) is 0 Å². The Morgan fingerprint density at radius 1 is 0.433 bits per heavy atom. The van der Waals surface area contributed by atoms with Crippen LogP contribution in [0.4, 0.5) is 34.1 Å². The highest BCUT2D eigenvalue weighted by Gasteiger charge is 2.18. The van der Waals surface area contributed by atoms with E-state index < -0.39 is 0 Å². The fourth-order valence-corrected chi connectivity index (χ4v) is 8.96. The lowest BCUT2D eigenvalue weighted by Gasteiger charge is -2.27. The summed E-state index contributed by atoms with van der Waals surface area (Å²) in [6, 6.07) is 73.1. The van der Waals surface area contributed by atoms with E-state index in [1.165, 1.54) is 28.8 Å². The van der Waals surface area contributed by atoms with Crippen molar-refractivity contribution in [2.45, 2.75) is 32.6 Å². The van der Waals surface area contributed by atoms with Gasteiger partial charge in [0.2, 0.25) is 0 Å². The number of pyridine rings is 2. The molecule has 0 unspecified atom stereocenters. The van der Waals surface area contributed by atoms with Crippen LogP contribution in [0.25, 0.3) is 55.2 Å². The molecule has 10 aromatic rings. The predicted octanol–water partition coefficient (Wildman–Crippen LogP) is 15.8. The molecule has 0 fully saturated rings. The van der Waals surface area contributed by atoms with E-state index in [-0.39, 0.29) is 5.97 Å². The first-order chi connectivity index (χ1) is 33.0. The molecule has 0 atom stereocenters. The number of anilines is 6. The van der Waals surface area contributed by atoms with E-state index in [0.717, 1.165) is 91.6 Å². The number of hydrogen-bond donors (Lipinski definition) is 0. The number of rotatable bonds is 14. The van der Waals surface area contributed by atoms with Crippen LogP contribution in [0.5, 0.6) is 0 Å². The third-order valence-corrected chi connectivity index (χ3v) is 12.5. The molecule has 0 aliphatic heterocycles. The minimum absolute atomic E-state index is 0.208. The van der Waals surface area contributed by atoms with Gasteiger partial charge in [-0.25, -0.2) is 0 Å². The Morgan fingerprint density at radius 3 is 1.22 bits per heavy atom. The number of carbonyl (C=O) groups excluding carboxylic acids is 1. The lowest BCUT2D eigenvalue weighted by atomic mass is 10.0. The summed E-state index contributed by atoms with van der Waals surface area (Å²) in [4.78, 5) is 26.2. The van der Waals surface area contributed by atoms with Crippen LogP contribution in [0.3, 0.4) is 0 Å². The Hall–Kier alpha value is -8.35. The normalized spacial score (nSPS) is 11.1. The highest BCUT2D eigenvalue weighted by molar-refractivity contribution is 6.00. The molecule has 8 aromatic carbocycles. The van der Waals surface area contributed by atoms with Gasteiger partial charge in [0.25, 0.3) is 0 Å². The zero-order chi connectivity index (χ0) is 45.5. The summed E-state index contributed by atoms with van der Waals surface area (Å²) >= 11 is 0. The standard InChI is InChI=1S/C61H50N4O2/c1-3-10-43-19-30-51(31-20-43)64(59-17-8-13-47-11-4-6-15-55(47)59)53-34-24-45(25-35-53)49-28-38-57(62-41-49)58-39-29-50(42-63-58)46-26-36-54(37-27-46)65(60-18-9-14-48-12-5-7-16-56(48)60)52-32-21-44(22-33-52)23-40-61(66)67-2/h4-9,11-22,24-39,41-42H,3,10,23,40H2,1-2H3. The summed E-state index contributed by atoms with van der Waals surface area (Å²) in [5, 5.41) is 4.75. The smallest absolute Gasteiger partial charge is 0.305 e. The first-order valence-electron chi connectivity index (χ1n) is 23.0. The van der Waals surface area contributed by atoms with E-state index >= 15 is 0 Å². The summed E-state index contributed by atoms with van der Waals surface area (Å²) in [5.74, 6) is -0.208. The number of aromatic nitrogens is 2. The first kappa shape index (κ1) is 42.6. The van der Waals surface area contributed by atoms with Gasteiger partial charge in [0.1, 0.15) is 0 Å². The number of carbonyl (C=O) groups is 1. The Kier molecular flexibility index (Phi) is 12.3. The summed E-state index contributed by atoms with van der Waals surface area (Å²) < 4.78 is 4.86. The lowest BCUT2D eigenvalue weighted by molar-refractivity contribution is -0.140. The maximum atomic E-state index is 11.8. The molecular weight excluding hydrogens is 821 g/mol. The molecule has 6 nitrogen and oxygen atoms in total. The molecule has 326 valence electrons. The molecular formula is C61H50N4O2. The van der Waals surface area contributed by atoms with Gasteiger partial charge in [-0.3, -0.25) is 14.8 Å². The molecule has 6 heteroatoms. The molecule has 0 spiro atoms. The van der Waals surface area contributed by atoms with Gasteiger partial charge in [-0.05, 0) is 119 Å². The van der Waals surface area contributed by atoms with Gasteiger partial charge in [0.05, 0.1) is 29.9 Å². The lowest BCUT2D eigenvalue weighted by Crippen LogP contribution is -2.10. The van der Waals surface area contributed by atoms with Crippen molar-refractivity contribution in [2.75, 3.05) is 16.9 Å². The maximum Gasteiger partial charge on any atom is 0.305 e. The van der Waals surface area contributed by atoms with Crippen LogP contribution in [-0.2, 0) is 22.4 Å². The molecule has 0 N–H and O–H groups in total. The SMILES string of the molecule is CCCc1ccc(N(c2ccc(-c3ccc(-c4ccc(-c5ccc(N(c6ccc(CCC(=O)OC)cc6)c6cccc7ccccc67)cc5)cn4)nc3)cc2)c2cccc3ccccc23)cc1. The fraction of sp³-hybridized carbons (Fsp3) is 0.0984. The highest BCUT2D eigenvalue weighted by atomic mass is 16.5. The Labute approximate surface area is 392 Å². The largest absolute Gasteiger partial charge is 0.469 e. The van der Waals surface area contributed by atoms with Crippen LogP contribution in [0.2, 0.25) is 0 Å². The fourth-order valence-electron chi connectivity index (χ4n) is 8.96. The van der Waals surface area contributed by atoms with Crippen molar-refractivity contribution in [1.82, 2.24) is 9.97 Å². The van der Waals surface area contributed by atoms with Gasteiger partial charge in [0, 0.05) is 63.5 Å². The van der Waals surface area contributed by atoms with Crippen LogP contribution >= 0.6 is 0 Å². The number of hydrogen-bond acceptors (Lipinski definition) is 6. The predicted molar refractivity (Wildman–Crippen MR) is 277 cm³/mol. The second kappa shape index (κ2) is 19.4. The number of aryl methyl sites for hydroxylation is 2. The van der Waals surface area contributed by atoms with E-state index in [2.05, 4.69) is 211 Å². The van der Waals surface area contributed by atoms with Gasteiger partial charge >= 0.3 is 5.97 Å². The summed E-state index contributed by atoms with van der Waals surface area (Å²) in [7, 11) is 1.43. The van der Waals surface area contributed by atoms with Gasteiger partial charge in [-0.2, -0.15) is 0 Å². The number of esters is 1. The Balaban J connectivity index is 0.874. The Morgan fingerprint density at radius 2 is 0.821 bits per heavy atom. The highest BCUT2D eigenvalue weighted by Crippen LogP contribution is 2.41. The number of fused-ring (bicyclic) bond motifs is 2. The minimum Gasteiger partial charge on any atom is -0.469 e. The Bertz CT molecular complexity index is 3270.